The summed E-state index contributed by atoms with van der Waals surface area (Å²) in [5.41, 5.74) is 1.02. The molecule has 0 heterocycles. The Kier molecular flexibility index (Phi) is 2.46. The molecule has 0 aromatic heterocycles. The number of rotatable bonds is 2. The van der Waals surface area contributed by atoms with Crippen LogP contribution in [0.4, 0.5) is 4.39 Å². The Labute approximate surface area is 82.1 Å². The van der Waals surface area contributed by atoms with Crippen molar-refractivity contribution in [2.24, 2.45) is 0 Å². The van der Waals surface area contributed by atoms with Gasteiger partial charge in [-0.25, -0.2) is 4.39 Å². The fourth-order valence-electron chi connectivity index (χ4n) is 1.61. The molecule has 2 heteroatoms. The number of hydrogen-bond acceptors (Lipinski definition) is 1. The minimum atomic E-state index is -0.180. The second-order valence-electron chi connectivity index (χ2n) is 3.19. The molecule has 0 N–H and O–H groups in total. The van der Waals surface area contributed by atoms with Crippen LogP contribution in [-0.4, -0.2) is 7.11 Å². The summed E-state index contributed by atoms with van der Waals surface area (Å²) in [6.45, 7) is 0.515. The van der Waals surface area contributed by atoms with E-state index in [1.807, 2.05) is 18.2 Å². The van der Waals surface area contributed by atoms with Crippen molar-refractivity contribution in [1.29, 1.82) is 0 Å². The first-order valence-corrected chi connectivity index (χ1v) is 4.48. The summed E-state index contributed by atoms with van der Waals surface area (Å²) in [4.78, 5) is 0. The Balaban J connectivity index is 2.68. The van der Waals surface area contributed by atoms with Gasteiger partial charge in [-0.05, 0) is 17.0 Å². The smallest absolute Gasteiger partial charge is 0.131 e. The first kappa shape index (κ1) is 9.16. The van der Waals surface area contributed by atoms with Crippen LogP contribution in [0.3, 0.4) is 0 Å². The average Bonchev–Trinajstić information content (AvgIpc) is 2.23. The molecule has 0 amide bonds. The Morgan fingerprint density at radius 2 is 1.79 bits per heavy atom. The second-order valence-corrected chi connectivity index (χ2v) is 3.19. The molecular formula is C12H11FO. The third-order valence-electron chi connectivity index (χ3n) is 2.26. The van der Waals surface area contributed by atoms with Crippen LogP contribution < -0.4 is 0 Å². The Morgan fingerprint density at radius 3 is 2.50 bits per heavy atom. The Morgan fingerprint density at radius 1 is 1.07 bits per heavy atom. The quantitative estimate of drug-likeness (QED) is 0.707. The van der Waals surface area contributed by atoms with Gasteiger partial charge in [0.15, 0.2) is 0 Å². The molecular weight excluding hydrogens is 179 g/mol. The van der Waals surface area contributed by atoms with E-state index in [2.05, 4.69) is 0 Å². The van der Waals surface area contributed by atoms with E-state index >= 15 is 0 Å². The number of ether oxygens (including phenoxy) is 1. The molecule has 0 aliphatic heterocycles. The van der Waals surface area contributed by atoms with E-state index in [4.69, 9.17) is 4.74 Å². The standard InChI is InChI=1S/C12H11FO/c1-14-8-9-6-7-12(13)11-5-3-2-4-10(9)11/h2-7H,8H2,1H3. The first-order chi connectivity index (χ1) is 6.83. The largest absolute Gasteiger partial charge is 0.380 e. The number of hydrogen-bond donors (Lipinski definition) is 0. The van der Waals surface area contributed by atoms with Gasteiger partial charge in [-0.15, -0.1) is 0 Å². The number of methoxy groups -OCH3 is 1. The van der Waals surface area contributed by atoms with Gasteiger partial charge in [0.1, 0.15) is 5.82 Å². The third-order valence-corrected chi connectivity index (χ3v) is 2.26. The molecule has 0 saturated heterocycles. The molecule has 72 valence electrons. The molecule has 2 aromatic rings. The van der Waals surface area contributed by atoms with Crippen molar-refractivity contribution in [3.63, 3.8) is 0 Å². The highest BCUT2D eigenvalue weighted by Gasteiger charge is 2.03. The van der Waals surface area contributed by atoms with Crippen LogP contribution in [0.5, 0.6) is 0 Å². The van der Waals surface area contributed by atoms with Gasteiger partial charge in [-0.2, -0.15) is 0 Å². The van der Waals surface area contributed by atoms with Gasteiger partial charge >= 0.3 is 0 Å². The van der Waals surface area contributed by atoms with Gasteiger partial charge in [0, 0.05) is 12.5 Å². The van der Waals surface area contributed by atoms with Crippen molar-refractivity contribution in [1.82, 2.24) is 0 Å². The molecule has 0 aliphatic carbocycles. The molecule has 0 aliphatic rings. The van der Waals surface area contributed by atoms with Crippen molar-refractivity contribution >= 4 is 10.8 Å². The van der Waals surface area contributed by atoms with Crippen molar-refractivity contribution in [2.45, 2.75) is 6.61 Å². The number of halogens is 1. The first-order valence-electron chi connectivity index (χ1n) is 4.48. The summed E-state index contributed by atoms with van der Waals surface area (Å²) in [5.74, 6) is -0.180. The van der Waals surface area contributed by atoms with E-state index in [-0.39, 0.29) is 5.82 Å². The van der Waals surface area contributed by atoms with Crippen LogP contribution in [0.15, 0.2) is 36.4 Å². The maximum absolute atomic E-state index is 13.4. The molecule has 0 fully saturated rings. The summed E-state index contributed by atoms with van der Waals surface area (Å²) in [6, 6.07) is 10.7. The number of fused-ring (bicyclic) bond motifs is 1. The normalized spacial score (nSPS) is 10.7. The minimum Gasteiger partial charge on any atom is -0.380 e. The Bertz CT molecular complexity index is 451. The lowest BCUT2D eigenvalue weighted by Crippen LogP contribution is -1.90. The monoisotopic (exact) mass is 190 g/mol. The zero-order chi connectivity index (χ0) is 9.97. The van der Waals surface area contributed by atoms with Crippen LogP contribution in [0.25, 0.3) is 10.8 Å². The van der Waals surface area contributed by atoms with E-state index < -0.39 is 0 Å². The molecule has 14 heavy (non-hydrogen) atoms. The van der Waals surface area contributed by atoms with E-state index in [0.717, 1.165) is 10.9 Å². The van der Waals surface area contributed by atoms with Crippen molar-refractivity contribution in [3.8, 4) is 0 Å². The molecule has 0 radical (unpaired) electrons. The second kappa shape index (κ2) is 3.76. The average molecular weight is 190 g/mol. The maximum Gasteiger partial charge on any atom is 0.131 e. The molecule has 0 atom stereocenters. The van der Waals surface area contributed by atoms with E-state index in [1.165, 1.54) is 6.07 Å². The van der Waals surface area contributed by atoms with Crippen molar-refractivity contribution < 1.29 is 9.13 Å². The molecule has 0 bridgehead atoms. The van der Waals surface area contributed by atoms with Gasteiger partial charge in [0.2, 0.25) is 0 Å². The lowest BCUT2D eigenvalue weighted by Gasteiger charge is -2.05. The third kappa shape index (κ3) is 1.49. The summed E-state index contributed by atoms with van der Waals surface area (Å²) in [5, 5.41) is 1.58. The number of benzene rings is 2. The van der Waals surface area contributed by atoms with Crippen LogP contribution in [0.1, 0.15) is 5.56 Å². The predicted octanol–water partition coefficient (Wildman–Crippen LogP) is 3.13. The zero-order valence-electron chi connectivity index (χ0n) is 7.96. The van der Waals surface area contributed by atoms with Gasteiger partial charge in [-0.1, -0.05) is 30.3 Å². The van der Waals surface area contributed by atoms with Crippen LogP contribution >= 0.6 is 0 Å². The van der Waals surface area contributed by atoms with Gasteiger partial charge in [0.25, 0.3) is 0 Å². The summed E-state index contributed by atoms with van der Waals surface area (Å²) in [7, 11) is 1.64. The lowest BCUT2D eigenvalue weighted by atomic mass is 10.0. The molecule has 1 nitrogen and oxygen atoms in total. The van der Waals surface area contributed by atoms with Gasteiger partial charge in [-0.3, -0.25) is 0 Å². The summed E-state index contributed by atoms with van der Waals surface area (Å²) >= 11 is 0. The molecule has 0 saturated carbocycles. The lowest BCUT2D eigenvalue weighted by molar-refractivity contribution is 0.186. The maximum atomic E-state index is 13.4. The Hall–Kier alpha value is -1.41. The van der Waals surface area contributed by atoms with Crippen LogP contribution in [0, 0.1) is 5.82 Å². The molecule has 0 spiro atoms. The summed E-state index contributed by atoms with van der Waals surface area (Å²) in [6.07, 6.45) is 0. The molecule has 0 unspecified atom stereocenters. The molecule has 2 aromatic carbocycles. The highest BCUT2D eigenvalue weighted by molar-refractivity contribution is 5.86. The van der Waals surface area contributed by atoms with Gasteiger partial charge < -0.3 is 4.74 Å². The van der Waals surface area contributed by atoms with Crippen molar-refractivity contribution in [3.05, 3.63) is 47.8 Å². The van der Waals surface area contributed by atoms with E-state index in [1.54, 1.807) is 19.2 Å². The van der Waals surface area contributed by atoms with E-state index in [9.17, 15) is 4.39 Å². The van der Waals surface area contributed by atoms with E-state index in [0.29, 0.717) is 12.0 Å². The fraction of sp³-hybridized carbons (Fsp3) is 0.167. The summed E-state index contributed by atoms with van der Waals surface area (Å²) < 4.78 is 18.4. The highest BCUT2D eigenvalue weighted by Crippen LogP contribution is 2.22. The zero-order valence-corrected chi connectivity index (χ0v) is 7.96. The topological polar surface area (TPSA) is 9.23 Å². The minimum absolute atomic E-state index is 0.180. The van der Waals surface area contributed by atoms with Crippen LogP contribution in [-0.2, 0) is 11.3 Å². The molecule has 2 rings (SSSR count). The van der Waals surface area contributed by atoms with Crippen molar-refractivity contribution in [2.75, 3.05) is 7.11 Å². The highest BCUT2D eigenvalue weighted by atomic mass is 19.1. The fourth-order valence-corrected chi connectivity index (χ4v) is 1.61. The van der Waals surface area contributed by atoms with Gasteiger partial charge in [0.05, 0.1) is 6.61 Å². The van der Waals surface area contributed by atoms with Crippen LogP contribution in [0.2, 0.25) is 0 Å². The SMILES string of the molecule is COCc1ccc(F)c2ccccc12. The predicted molar refractivity (Wildman–Crippen MR) is 54.6 cm³/mol.